The molecule has 1 aromatic rings. The van der Waals surface area contributed by atoms with Crippen molar-refractivity contribution in [2.75, 3.05) is 53.7 Å². The average molecular weight is 553 g/mol. The Hall–Kier alpha value is -1.98. The van der Waals surface area contributed by atoms with Gasteiger partial charge < -0.3 is 33.3 Å². The molecule has 0 radical (unpaired) electrons. The summed E-state index contributed by atoms with van der Waals surface area (Å²) in [5.41, 5.74) is 0.412. The first-order valence-corrected chi connectivity index (χ1v) is 13.9. The van der Waals surface area contributed by atoms with Crippen molar-refractivity contribution in [2.24, 2.45) is 0 Å². The first-order chi connectivity index (χ1) is 18.1. The van der Waals surface area contributed by atoms with Gasteiger partial charge >= 0.3 is 6.09 Å². The average Bonchev–Trinajstić information content (AvgIpc) is 3.31. The minimum atomic E-state index is -0.580. The predicted molar refractivity (Wildman–Crippen MR) is 149 cm³/mol. The molecular weight excluding hydrogens is 508 g/mol. The van der Waals surface area contributed by atoms with E-state index in [1.165, 1.54) is 0 Å². The van der Waals surface area contributed by atoms with E-state index >= 15 is 0 Å². The topological polar surface area (TPSA) is 78.9 Å². The molecule has 1 aromatic carbocycles. The van der Waals surface area contributed by atoms with Gasteiger partial charge in [0.05, 0.1) is 45.1 Å². The summed E-state index contributed by atoms with van der Waals surface area (Å²) in [6, 6.07) is 7.58. The van der Waals surface area contributed by atoms with E-state index in [1.807, 2.05) is 64.0 Å². The van der Waals surface area contributed by atoms with Crippen LogP contribution < -0.4 is 4.74 Å². The van der Waals surface area contributed by atoms with Gasteiger partial charge in [-0.15, -0.1) is 0 Å². The molecule has 38 heavy (non-hydrogen) atoms. The number of likely N-dealkylation sites (tertiary alicyclic amines) is 1. The number of amides is 1. The number of benzene rings is 1. The molecule has 0 spiro atoms. The molecule has 3 atom stereocenters. The maximum absolute atomic E-state index is 12.8. The van der Waals surface area contributed by atoms with Crippen LogP contribution >= 0.6 is 12.2 Å². The molecule has 2 aliphatic heterocycles. The lowest BCUT2D eigenvalue weighted by Gasteiger charge is -2.30. The molecule has 0 bridgehead atoms. The van der Waals surface area contributed by atoms with Crippen LogP contribution in [0, 0.1) is 0 Å². The maximum atomic E-state index is 12.8. The van der Waals surface area contributed by atoms with E-state index in [0.717, 1.165) is 37.2 Å². The number of likely N-dealkylation sites (N-methyl/N-ethyl adjacent to an activating group) is 1. The standard InChI is InChI=1S/C28H44N2O7S/c1-28(2,3)37-27(31)30-19-23(18-24(30)26(38)29(4)5)36-20-21-9-8-10-22(17-21)33-15-13-32-14-16-35-25-11-6-7-12-34-25/h8-10,17,23-25H,6-7,11-16,18-20H2,1-5H3/t23-,24+,25?/m1/s1. The summed E-state index contributed by atoms with van der Waals surface area (Å²) in [5, 5.41) is 0. The van der Waals surface area contributed by atoms with Crippen LogP contribution in [0.15, 0.2) is 24.3 Å². The Morgan fingerprint density at radius 3 is 2.63 bits per heavy atom. The monoisotopic (exact) mass is 552 g/mol. The molecule has 0 N–H and O–H groups in total. The second kappa shape index (κ2) is 15.0. The largest absolute Gasteiger partial charge is 0.491 e. The van der Waals surface area contributed by atoms with Gasteiger partial charge in [-0.2, -0.15) is 0 Å². The zero-order valence-corrected chi connectivity index (χ0v) is 24.3. The lowest BCUT2D eigenvalue weighted by atomic mass is 10.2. The van der Waals surface area contributed by atoms with Gasteiger partial charge in [0.2, 0.25) is 0 Å². The summed E-state index contributed by atoms with van der Waals surface area (Å²) in [6.07, 6.45) is 3.23. The SMILES string of the molecule is CN(C)C(=S)[C@@H]1C[C@@H](OCc2cccc(OCCOCCOC3CCCCO3)c2)CN1C(=O)OC(C)(C)C. The number of nitrogens with zero attached hydrogens (tertiary/aromatic N) is 2. The zero-order valence-electron chi connectivity index (χ0n) is 23.5. The normalized spacial score (nSPS) is 21.8. The number of hydrogen-bond acceptors (Lipinski definition) is 8. The summed E-state index contributed by atoms with van der Waals surface area (Å²) in [6.45, 7) is 9.14. The Morgan fingerprint density at radius 1 is 1.13 bits per heavy atom. The molecular formula is C28H44N2O7S. The van der Waals surface area contributed by atoms with E-state index in [4.69, 9.17) is 40.6 Å². The highest BCUT2D eigenvalue weighted by Gasteiger charge is 2.40. The van der Waals surface area contributed by atoms with Gasteiger partial charge in [0.15, 0.2) is 6.29 Å². The number of carbonyl (C=O) groups is 1. The minimum Gasteiger partial charge on any atom is -0.491 e. The summed E-state index contributed by atoms with van der Waals surface area (Å²) >= 11 is 5.61. The second-order valence-electron chi connectivity index (χ2n) is 10.8. The summed E-state index contributed by atoms with van der Waals surface area (Å²) in [5.74, 6) is 0.759. The molecule has 2 saturated heterocycles. The van der Waals surface area contributed by atoms with Crippen LogP contribution in [0.1, 0.15) is 52.0 Å². The van der Waals surface area contributed by atoms with E-state index in [-0.39, 0.29) is 24.5 Å². The third kappa shape index (κ3) is 10.3. The van der Waals surface area contributed by atoms with Gasteiger partial charge in [-0.3, -0.25) is 4.90 Å². The number of thiocarbonyl (C=S) groups is 1. The quantitative estimate of drug-likeness (QED) is 0.277. The molecule has 9 nitrogen and oxygen atoms in total. The van der Waals surface area contributed by atoms with Crippen LogP contribution in [-0.2, 0) is 30.3 Å². The summed E-state index contributed by atoms with van der Waals surface area (Å²) in [7, 11) is 3.78. The van der Waals surface area contributed by atoms with Gasteiger partial charge in [-0.1, -0.05) is 24.4 Å². The van der Waals surface area contributed by atoms with Gasteiger partial charge in [0.1, 0.15) is 22.9 Å². The number of carbonyl (C=O) groups excluding carboxylic acids is 1. The molecule has 214 valence electrons. The van der Waals surface area contributed by atoms with Crippen LogP contribution in [0.4, 0.5) is 4.79 Å². The van der Waals surface area contributed by atoms with Gasteiger partial charge in [-0.05, 0) is 57.7 Å². The molecule has 1 unspecified atom stereocenters. The third-order valence-electron chi connectivity index (χ3n) is 6.17. The van der Waals surface area contributed by atoms with Gasteiger partial charge in [0, 0.05) is 27.1 Å². The molecule has 10 heteroatoms. The Balaban J connectivity index is 1.40. The fraction of sp³-hybridized carbons (Fsp3) is 0.714. The van der Waals surface area contributed by atoms with Crippen molar-refractivity contribution in [3.05, 3.63) is 29.8 Å². The number of hydrogen-bond donors (Lipinski definition) is 0. The summed E-state index contributed by atoms with van der Waals surface area (Å²) < 4.78 is 34.5. The van der Waals surface area contributed by atoms with Crippen molar-refractivity contribution in [1.29, 1.82) is 0 Å². The first-order valence-electron chi connectivity index (χ1n) is 13.5. The third-order valence-corrected chi connectivity index (χ3v) is 6.80. The Bertz CT molecular complexity index is 886. The lowest BCUT2D eigenvalue weighted by molar-refractivity contribution is -0.169. The summed E-state index contributed by atoms with van der Waals surface area (Å²) in [4.78, 5) is 17.1. The van der Waals surface area contributed by atoms with E-state index in [9.17, 15) is 4.79 Å². The van der Waals surface area contributed by atoms with Crippen molar-refractivity contribution in [3.63, 3.8) is 0 Å². The Morgan fingerprint density at radius 2 is 1.92 bits per heavy atom. The van der Waals surface area contributed by atoms with Crippen molar-refractivity contribution in [1.82, 2.24) is 9.80 Å². The van der Waals surface area contributed by atoms with E-state index in [1.54, 1.807) is 4.90 Å². The predicted octanol–water partition coefficient (Wildman–Crippen LogP) is 4.41. The van der Waals surface area contributed by atoms with E-state index in [2.05, 4.69) is 0 Å². The van der Waals surface area contributed by atoms with Gasteiger partial charge in [0.25, 0.3) is 0 Å². The number of rotatable bonds is 12. The van der Waals surface area contributed by atoms with E-state index < -0.39 is 5.60 Å². The molecule has 3 rings (SSSR count). The van der Waals surface area contributed by atoms with Gasteiger partial charge in [-0.25, -0.2) is 4.79 Å². The molecule has 2 heterocycles. The number of ether oxygens (including phenoxy) is 6. The van der Waals surface area contributed by atoms with Crippen LogP contribution in [-0.4, -0.2) is 98.6 Å². The molecule has 2 fully saturated rings. The highest BCUT2D eigenvalue weighted by Crippen LogP contribution is 2.26. The van der Waals surface area contributed by atoms with Crippen LogP contribution in [0.25, 0.3) is 0 Å². The second-order valence-corrected chi connectivity index (χ2v) is 11.2. The van der Waals surface area contributed by atoms with Crippen LogP contribution in [0.2, 0.25) is 0 Å². The lowest BCUT2D eigenvalue weighted by Crippen LogP contribution is -2.46. The Kier molecular flexibility index (Phi) is 12.0. The molecule has 0 aromatic heterocycles. The zero-order chi connectivity index (χ0) is 27.5. The Labute approximate surface area is 232 Å². The van der Waals surface area contributed by atoms with Crippen molar-refractivity contribution in [3.8, 4) is 5.75 Å². The van der Waals surface area contributed by atoms with Crippen molar-refractivity contribution < 1.29 is 33.2 Å². The van der Waals surface area contributed by atoms with E-state index in [0.29, 0.717) is 51.0 Å². The molecule has 0 aliphatic carbocycles. The van der Waals surface area contributed by atoms with Crippen molar-refractivity contribution in [2.45, 2.75) is 77.1 Å². The van der Waals surface area contributed by atoms with Crippen LogP contribution in [0.3, 0.4) is 0 Å². The smallest absolute Gasteiger partial charge is 0.410 e. The molecule has 0 saturated carbocycles. The fourth-order valence-electron chi connectivity index (χ4n) is 4.31. The highest BCUT2D eigenvalue weighted by atomic mass is 32.1. The first kappa shape index (κ1) is 30.6. The van der Waals surface area contributed by atoms with Crippen molar-refractivity contribution >= 4 is 23.3 Å². The minimum absolute atomic E-state index is 0.0892. The molecule has 2 aliphatic rings. The maximum Gasteiger partial charge on any atom is 0.410 e. The molecule has 1 amide bonds. The highest BCUT2D eigenvalue weighted by molar-refractivity contribution is 7.80. The fourth-order valence-corrected chi connectivity index (χ4v) is 4.54. The van der Waals surface area contributed by atoms with Crippen LogP contribution in [0.5, 0.6) is 5.75 Å².